The van der Waals surface area contributed by atoms with Crippen LogP contribution in [0, 0.1) is 6.92 Å². The van der Waals surface area contributed by atoms with Gasteiger partial charge < -0.3 is 9.47 Å². The molecule has 1 aromatic carbocycles. The minimum Gasteiger partial charge on any atom is -0.493 e. The average molecular weight is 362 g/mol. The Kier molecular flexibility index (Phi) is 6.82. The summed E-state index contributed by atoms with van der Waals surface area (Å²) in [5, 5.41) is 1.83. The fourth-order valence-corrected chi connectivity index (χ4v) is 2.92. The number of ether oxygens (including phenoxy) is 2. The fourth-order valence-electron chi connectivity index (χ4n) is 2.10. The third-order valence-electron chi connectivity index (χ3n) is 3.54. The minimum atomic E-state index is -0.430. The SMILES string of the molecule is CCCCOc1ccc(C(=O)NNC(=O)c2sccc2C)cc1OC. The van der Waals surface area contributed by atoms with Gasteiger partial charge in [-0.2, -0.15) is 0 Å². The maximum atomic E-state index is 12.2. The van der Waals surface area contributed by atoms with E-state index in [1.807, 2.05) is 18.4 Å². The molecule has 0 saturated heterocycles. The molecule has 0 aliphatic heterocycles. The number of nitrogens with one attached hydrogen (secondary N) is 2. The van der Waals surface area contributed by atoms with Gasteiger partial charge in [0.25, 0.3) is 11.8 Å². The van der Waals surface area contributed by atoms with Crippen molar-refractivity contribution in [1.29, 1.82) is 0 Å². The van der Waals surface area contributed by atoms with Crippen molar-refractivity contribution in [3.8, 4) is 11.5 Å². The van der Waals surface area contributed by atoms with Crippen molar-refractivity contribution in [2.45, 2.75) is 26.7 Å². The van der Waals surface area contributed by atoms with Gasteiger partial charge in [-0.3, -0.25) is 20.4 Å². The molecule has 0 radical (unpaired) electrons. The normalized spacial score (nSPS) is 10.2. The predicted octanol–water partition coefficient (Wildman–Crippen LogP) is 3.32. The van der Waals surface area contributed by atoms with E-state index in [4.69, 9.17) is 9.47 Å². The number of unbranched alkanes of at least 4 members (excludes halogenated alkanes) is 1. The van der Waals surface area contributed by atoms with Gasteiger partial charge in [0, 0.05) is 5.56 Å². The van der Waals surface area contributed by atoms with Crippen LogP contribution in [0.2, 0.25) is 0 Å². The van der Waals surface area contributed by atoms with Crippen LogP contribution >= 0.6 is 11.3 Å². The molecule has 0 fully saturated rings. The molecular weight excluding hydrogens is 340 g/mol. The molecule has 2 rings (SSSR count). The molecule has 134 valence electrons. The number of benzene rings is 1. The third-order valence-corrected chi connectivity index (χ3v) is 4.55. The van der Waals surface area contributed by atoms with Crippen molar-refractivity contribution in [2.24, 2.45) is 0 Å². The highest BCUT2D eigenvalue weighted by atomic mass is 32.1. The van der Waals surface area contributed by atoms with Crippen LogP contribution in [0.3, 0.4) is 0 Å². The van der Waals surface area contributed by atoms with Crippen molar-refractivity contribution >= 4 is 23.2 Å². The Morgan fingerprint density at radius 1 is 1.12 bits per heavy atom. The van der Waals surface area contributed by atoms with Gasteiger partial charge in [0.15, 0.2) is 11.5 Å². The molecule has 6 nitrogen and oxygen atoms in total. The first kappa shape index (κ1) is 18.8. The number of hydrogen-bond acceptors (Lipinski definition) is 5. The van der Waals surface area contributed by atoms with Crippen molar-refractivity contribution in [1.82, 2.24) is 10.9 Å². The number of carbonyl (C=O) groups is 2. The van der Waals surface area contributed by atoms with E-state index < -0.39 is 5.91 Å². The Balaban J connectivity index is 1.99. The lowest BCUT2D eigenvalue weighted by molar-refractivity contribution is 0.0848. The first-order chi connectivity index (χ1) is 12.1. The summed E-state index contributed by atoms with van der Waals surface area (Å²) in [4.78, 5) is 24.8. The number of thiophene rings is 1. The largest absolute Gasteiger partial charge is 0.493 e. The van der Waals surface area contributed by atoms with Gasteiger partial charge in [-0.15, -0.1) is 11.3 Å². The van der Waals surface area contributed by atoms with Crippen LogP contribution in [-0.2, 0) is 0 Å². The zero-order valence-corrected chi connectivity index (χ0v) is 15.4. The van der Waals surface area contributed by atoms with Gasteiger partial charge in [0.2, 0.25) is 0 Å². The molecule has 0 aliphatic rings. The van der Waals surface area contributed by atoms with Crippen LogP contribution in [0.4, 0.5) is 0 Å². The lowest BCUT2D eigenvalue weighted by Gasteiger charge is -2.12. The Morgan fingerprint density at radius 2 is 1.88 bits per heavy atom. The second kappa shape index (κ2) is 9.08. The Morgan fingerprint density at radius 3 is 2.52 bits per heavy atom. The van der Waals surface area contributed by atoms with Gasteiger partial charge in [0.05, 0.1) is 18.6 Å². The van der Waals surface area contributed by atoms with E-state index in [-0.39, 0.29) is 5.91 Å². The van der Waals surface area contributed by atoms with Crippen LogP contribution in [-0.4, -0.2) is 25.5 Å². The van der Waals surface area contributed by atoms with E-state index in [0.717, 1.165) is 18.4 Å². The third kappa shape index (κ3) is 4.96. The summed E-state index contributed by atoms with van der Waals surface area (Å²) in [6.45, 7) is 4.52. The predicted molar refractivity (Wildman–Crippen MR) is 97.4 cm³/mol. The van der Waals surface area contributed by atoms with Gasteiger partial charge >= 0.3 is 0 Å². The van der Waals surface area contributed by atoms with Gasteiger partial charge in [0.1, 0.15) is 0 Å². The Labute approximate surface area is 151 Å². The standard InChI is InChI=1S/C18H22N2O4S/c1-4-5-9-24-14-7-6-13(11-15(14)23-3)17(21)19-20-18(22)16-12(2)8-10-25-16/h6-8,10-11H,4-5,9H2,1-3H3,(H,19,21)(H,20,22). The monoisotopic (exact) mass is 362 g/mol. The zero-order valence-electron chi connectivity index (χ0n) is 14.5. The van der Waals surface area contributed by atoms with E-state index in [1.165, 1.54) is 18.4 Å². The lowest BCUT2D eigenvalue weighted by atomic mass is 10.2. The van der Waals surface area contributed by atoms with Crippen molar-refractivity contribution in [3.05, 3.63) is 45.6 Å². The molecule has 0 atom stereocenters. The van der Waals surface area contributed by atoms with Crippen molar-refractivity contribution < 1.29 is 19.1 Å². The highest BCUT2D eigenvalue weighted by molar-refractivity contribution is 7.12. The molecule has 1 aromatic heterocycles. The highest BCUT2D eigenvalue weighted by Gasteiger charge is 2.14. The van der Waals surface area contributed by atoms with E-state index >= 15 is 0 Å². The summed E-state index contributed by atoms with van der Waals surface area (Å²) in [7, 11) is 1.52. The first-order valence-electron chi connectivity index (χ1n) is 8.02. The van der Waals surface area contributed by atoms with Crippen LogP contribution in [0.25, 0.3) is 0 Å². The lowest BCUT2D eigenvalue weighted by Crippen LogP contribution is -2.41. The van der Waals surface area contributed by atoms with E-state index in [2.05, 4.69) is 17.8 Å². The van der Waals surface area contributed by atoms with E-state index in [9.17, 15) is 9.59 Å². The quantitative estimate of drug-likeness (QED) is 0.585. The smallest absolute Gasteiger partial charge is 0.280 e. The first-order valence-corrected chi connectivity index (χ1v) is 8.90. The summed E-state index contributed by atoms with van der Waals surface area (Å²) in [6, 6.07) is 6.75. The molecule has 0 unspecified atom stereocenters. The molecule has 0 saturated carbocycles. The molecule has 0 bridgehead atoms. The Bertz CT molecular complexity index is 742. The number of carbonyl (C=O) groups excluding carboxylic acids is 2. The summed E-state index contributed by atoms with van der Waals surface area (Å²) < 4.78 is 10.9. The number of aryl methyl sites for hydroxylation is 1. The molecule has 2 aromatic rings. The van der Waals surface area contributed by atoms with Crippen molar-refractivity contribution in [2.75, 3.05) is 13.7 Å². The molecule has 0 spiro atoms. The number of hydrogen-bond donors (Lipinski definition) is 2. The Hall–Kier alpha value is -2.54. The van der Waals surface area contributed by atoms with Crippen LogP contribution in [0.5, 0.6) is 11.5 Å². The molecule has 25 heavy (non-hydrogen) atoms. The number of rotatable bonds is 7. The average Bonchev–Trinajstić information content (AvgIpc) is 3.05. The fraction of sp³-hybridized carbons (Fsp3) is 0.333. The molecule has 2 N–H and O–H groups in total. The molecule has 2 amide bonds. The topological polar surface area (TPSA) is 76.7 Å². The number of methoxy groups -OCH3 is 1. The van der Waals surface area contributed by atoms with Crippen LogP contribution in [0.15, 0.2) is 29.6 Å². The van der Waals surface area contributed by atoms with Gasteiger partial charge in [-0.1, -0.05) is 13.3 Å². The van der Waals surface area contributed by atoms with Crippen LogP contribution in [0.1, 0.15) is 45.4 Å². The van der Waals surface area contributed by atoms with Crippen LogP contribution < -0.4 is 20.3 Å². The maximum Gasteiger partial charge on any atom is 0.280 e. The summed E-state index contributed by atoms with van der Waals surface area (Å²) in [5.74, 6) is 0.295. The molecule has 7 heteroatoms. The summed E-state index contributed by atoms with van der Waals surface area (Å²) >= 11 is 1.32. The maximum absolute atomic E-state index is 12.2. The van der Waals surface area contributed by atoms with Crippen molar-refractivity contribution in [3.63, 3.8) is 0 Å². The van der Waals surface area contributed by atoms with E-state index in [1.54, 1.807) is 18.2 Å². The zero-order chi connectivity index (χ0) is 18.2. The number of amides is 2. The second-order valence-corrected chi connectivity index (χ2v) is 6.32. The summed E-state index contributed by atoms with van der Waals surface area (Å²) in [6.07, 6.45) is 1.98. The second-order valence-electron chi connectivity index (χ2n) is 5.41. The molecular formula is C18H22N2O4S. The number of hydrazine groups is 1. The molecule has 1 heterocycles. The minimum absolute atomic E-state index is 0.340. The van der Waals surface area contributed by atoms with Gasteiger partial charge in [-0.05, 0) is 48.6 Å². The van der Waals surface area contributed by atoms with Gasteiger partial charge in [-0.25, -0.2) is 0 Å². The highest BCUT2D eigenvalue weighted by Crippen LogP contribution is 2.28. The summed E-state index contributed by atoms with van der Waals surface area (Å²) in [5.41, 5.74) is 6.06. The molecule has 0 aliphatic carbocycles. The van der Waals surface area contributed by atoms with E-state index in [0.29, 0.717) is 28.5 Å².